The number of methoxy groups -OCH3 is 1. The van der Waals surface area contributed by atoms with Gasteiger partial charge < -0.3 is 25.4 Å². The van der Waals surface area contributed by atoms with Crippen molar-refractivity contribution in [3.63, 3.8) is 0 Å². The monoisotopic (exact) mass is 497 g/mol. The van der Waals surface area contributed by atoms with Gasteiger partial charge >= 0.3 is 6.18 Å². The second-order valence-electron chi connectivity index (χ2n) is 8.04. The molecule has 35 heavy (non-hydrogen) atoms. The minimum Gasteiger partial charge on any atom is -0.468 e. The molecule has 12 heteroatoms. The van der Waals surface area contributed by atoms with Crippen LogP contribution >= 0.6 is 0 Å². The Balaban J connectivity index is 2.17. The summed E-state index contributed by atoms with van der Waals surface area (Å²) in [5.74, 6) is -0.717. The Bertz CT molecular complexity index is 1000. The number of aromatic nitrogens is 2. The van der Waals surface area contributed by atoms with E-state index in [0.29, 0.717) is 31.0 Å². The van der Waals surface area contributed by atoms with Crippen molar-refractivity contribution in [2.75, 3.05) is 37.5 Å². The minimum atomic E-state index is -4.52. The quantitative estimate of drug-likeness (QED) is 0.381. The number of amides is 2. The highest BCUT2D eigenvalue weighted by molar-refractivity contribution is 5.99. The number of nitrogens with one attached hydrogen (secondary N) is 3. The summed E-state index contributed by atoms with van der Waals surface area (Å²) in [6, 6.07) is 5.44. The van der Waals surface area contributed by atoms with Crippen molar-refractivity contribution in [1.82, 2.24) is 15.3 Å². The van der Waals surface area contributed by atoms with Crippen molar-refractivity contribution < 1.29 is 32.2 Å². The zero-order chi connectivity index (χ0) is 26.0. The molecule has 192 valence electrons. The predicted octanol–water partition coefficient (Wildman–Crippen LogP) is 3.95. The van der Waals surface area contributed by atoms with E-state index in [-0.39, 0.29) is 29.1 Å². The van der Waals surface area contributed by atoms with Crippen LogP contribution in [0, 0.1) is 5.92 Å². The first-order chi connectivity index (χ1) is 16.5. The van der Waals surface area contributed by atoms with E-state index in [1.807, 2.05) is 0 Å². The van der Waals surface area contributed by atoms with Gasteiger partial charge in [0.2, 0.25) is 11.8 Å². The van der Waals surface area contributed by atoms with Crippen molar-refractivity contribution in [3.8, 4) is 5.88 Å². The van der Waals surface area contributed by atoms with Gasteiger partial charge in [0.05, 0.1) is 11.6 Å². The van der Waals surface area contributed by atoms with Gasteiger partial charge in [0, 0.05) is 38.4 Å². The Hall–Kier alpha value is -3.41. The zero-order valence-electron chi connectivity index (χ0n) is 20.0. The lowest BCUT2D eigenvalue weighted by molar-refractivity contribution is -0.154. The molecule has 1 atom stereocenters. The molecule has 0 aliphatic carbocycles. The van der Waals surface area contributed by atoms with Gasteiger partial charge in [0.15, 0.2) is 6.61 Å². The molecule has 0 saturated heterocycles. The maximum absolute atomic E-state index is 13.0. The third-order valence-corrected chi connectivity index (χ3v) is 4.72. The molecule has 1 unspecified atom stereocenters. The molecule has 0 aliphatic heterocycles. The molecule has 0 fully saturated rings. The van der Waals surface area contributed by atoms with Crippen LogP contribution in [0.5, 0.6) is 5.88 Å². The molecule has 0 saturated carbocycles. The Morgan fingerprint density at radius 1 is 1.14 bits per heavy atom. The molecule has 9 nitrogen and oxygen atoms in total. The smallest absolute Gasteiger partial charge is 0.422 e. The number of carbonyl (C=O) groups excluding carboxylic acids is 2. The van der Waals surface area contributed by atoms with Gasteiger partial charge in [-0.3, -0.25) is 9.59 Å². The minimum absolute atomic E-state index is 0.0880. The van der Waals surface area contributed by atoms with Crippen LogP contribution in [0.3, 0.4) is 0 Å². The summed E-state index contributed by atoms with van der Waals surface area (Å²) < 4.78 is 47.2. The number of ether oxygens (including phenoxy) is 2. The summed E-state index contributed by atoms with van der Waals surface area (Å²) in [7, 11) is 1.54. The second kappa shape index (κ2) is 12.9. The van der Waals surface area contributed by atoms with Crippen LogP contribution in [-0.2, 0) is 9.53 Å². The third kappa shape index (κ3) is 9.39. The van der Waals surface area contributed by atoms with Crippen LogP contribution < -0.4 is 20.7 Å². The van der Waals surface area contributed by atoms with Gasteiger partial charge in [-0.25, -0.2) is 4.98 Å². The summed E-state index contributed by atoms with van der Waals surface area (Å²) in [5.41, 5.74) is 0.830. The van der Waals surface area contributed by atoms with E-state index in [4.69, 9.17) is 9.47 Å². The number of alkyl halides is 3. The van der Waals surface area contributed by atoms with Gasteiger partial charge in [-0.15, -0.1) is 0 Å². The number of hydrogen-bond donors (Lipinski definition) is 3. The molecule has 0 aromatic carbocycles. The standard InChI is InChI=1S/C23H30F3N5O4/c1-14(2)21(32)30-18-12-16(8-10-27-18)15(3)29-22(33)17-6-7-19(35-13-23(24,25)26)31-20(17)28-9-5-11-34-4/h6-8,10,12,14-15H,5,9,11,13H2,1-4H3,(H,28,31)(H,29,33)(H,27,30,32). The maximum Gasteiger partial charge on any atom is 0.422 e. The Morgan fingerprint density at radius 2 is 1.89 bits per heavy atom. The predicted molar refractivity (Wildman–Crippen MR) is 124 cm³/mol. The fourth-order valence-electron chi connectivity index (χ4n) is 2.83. The number of hydrogen-bond acceptors (Lipinski definition) is 7. The highest BCUT2D eigenvalue weighted by atomic mass is 19.4. The van der Waals surface area contributed by atoms with Crippen LogP contribution in [0.25, 0.3) is 0 Å². The molecule has 2 heterocycles. The Morgan fingerprint density at radius 3 is 2.54 bits per heavy atom. The number of halogens is 3. The highest BCUT2D eigenvalue weighted by Crippen LogP contribution is 2.23. The fraction of sp³-hybridized carbons (Fsp3) is 0.478. The molecular weight excluding hydrogens is 467 g/mol. The van der Waals surface area contributed by atoms with Gasteiger partial charge in [-0.2, -0.15) is 18.2 Å². The lowest BCUT2D eigenvalue weighted by Crippen LogP contribution is -2.28. The van der Waals surface area contributed by atoms with E-state index in [0.717, 1.165) is 0 Å². The first-order valence-electron chi connectivity index (χ1n) is 11.0. The molecule has 3 N–H and O–H groups in total. The summed E-state index contributed by atoms with van der Waals surface area (Å²) >= 11 is 0. The third-order valence-electron chi connectivity index (χ3n) is 4.72. The van der Waals surface area contributed by atoms with Crippen LogP contribution in [0.4, 0.5) is 24.8 Å². The Kier molecular flexibility index (Phi) is 10.2. The molecule has 0 aliphatic rings. The van der Waals surface area contributed by atoms with E-state index in [2.05, 4.69) is 25.9 Å². The van der Waals surface area contributed by atoms with E-state index in [1.165, 1.54) is 18.3 Å². The van der Waals surface area contributed by atoms with E-state index >= 15 is 0 Å². The summed E-state index contributed by atoms with van der Waals surface area (Å²) in [6.07, 6.45) is -2.41. The van der Waals surface area contributed by atoms with Crippen LogP contribution in [0.15, 0.2) is 30.5 Å². The summed E-state index contributed by atoms with van der Waals surface area (Å²) in [6.45, 7) is 4.60. The molecule has 2 aromatic rings. The number of carbonyl (C=O) groups is 2. The molecule has 2 rings (SSSR count). The molecular formula is C23H30F3N5O4. The summed E-state index contributed by atoms with van der Waals surface area (Å²) in [5, 5.41) is 8.48. The Labute approximate surface area is 201 Å². The second-order valence-corrected chi connectivity index (χ2v) is 8.04. The van der Waals surface area contributed by atoms with Gasteiger partial charge in [-0.05, 0) is 37.1 Å². The SMILES string of the molecule is COCCCNc1nc(OCC(F)(F)F)ccc1C(=O)NC(C)c1ccnc(NC(=O)C(C)C)c1. The number of pyridine rings is 2. The largest absolute Gasteiger partial charge is 0.468 e. The van der Waals surface area contributed by atoms with Crippen LogP contribution in [0.2, 0.25) is 0 Å². The maximum atomic E-state index is 13.0. The molecule has 0 bridgehead atoms. The molecule has 2 amide bonds. The average Bonchev–Trinajstić information content (AvgIpc) is 2.80. The van der Waals surface area contributed by atoms with Crippen molar-refractivity contribution in [3.05, 3.63) is 41.6 Å². The molecule has 2 aromatic heterocycles. The van der Waals surface area contributed by atoms with Crippen LogP contribution in [0.1, 0.15) is 49.2 Å². The lowest BCUT2D eigenvalue weighted by atomic mass is 10.1. The summed E-state index contributed by atoms with van der Waals surface area (Å²) in [4.78, 5) is 33.1. The van der Waals surface area contributed by atoms with E-state index in [9.17, 15) is 22.8 Å². The zero-order valence-corrected chi connectivity index (χ0v) is 20.0. The fourth-order valence-corrected chi connectivity index (χ4v) is 2.83. The van der Waals surface area contributed by atoms with Crippen LogP contribution in [-0.4, -0.2) is 54.8 Å². The average molecular weight is 498 g/mol. The highest BCUT2D eigenvalue weighted by Gasteiger charge is 2.29. The van der Waals surface area contributed by atoms with Crippen molar-refractivity contribution in [2.24, 2.45) is 5.92 Å². The number of nitrogens with zero attached hydrogens (tertiary/aromatic N) is 2. The van der Waals surface area contributed by atoms with Crippen molar-refractivity contribution in [2.45, 2.75) is 39.4 Å². The topological polar surface area (TPSA) is 114 Å². The normalized spacial score (nSPS) is 12.2. The lowest BCUT2D eigenvalue weighted by Gasteiger charge is -2.18. The van der Waals surface area contributed by atoms with Gasteiger partial charge in [0.1, 0.15) is 11.6 Å². The van der Waals surface area contributed by atoms with Crippen molar-refractivity contribution in [1.29, 1.82) is 0 Å². The molecule has 0 spiro atoms. The first kappa shape index (κ1) is 27.8. The van der Waals surface area contributed by atoms with E-state index < -0.39 is 24.7 Å². The molecule has 0 radical (unpaired) electrons. The van der Waals surface area contributed by atoms with Gasteiger partial charge in [0.25, 0.3) is 5.91 Å². The number of anilines is 2. The number of rotatable bonds is 12. The van der Waals surface area contributed by atoms with Gasteiger partial charge in [-0.1, -0.05) is 13.8 Å². The van der Waals surface area contributed by atoms with E-state index in [1.54, 1.807) is 40.0 Å². The van der Waals surface area contributed by atoms with Crippen molar-refractivity contribution >= 4 is 23.5 Å². The first-order valence-corrected chi connectivity index (χ1v) is 11.0.